The molecule has 0 spiro atoms. The third-order valence-electron chi connectivity index (χ3n) is 5.04. The largest absolute Gasteiger partial charge is 0.309 e. The zero-order valence-corrected chi connectivity index (χ0v) is 18.9. The summed E-state index contributed by atoms with van der Waals surface area (Å²) in [4.78, 5) is 46.4. The number of nitrogens with zero attached hydrogens (tertiary/aromatic N) is 4. The van der Waals surface area contributed by atoms with E-state index in [-0.39, 0.29) is 49.5 Å². The van der Waals surface area contributed by atoms with Gasteiger partial charge in [0.25, 0.3) is 0 Å². The Morgan fingerprint density at radius 2 is 1.79 bits per heavy atom. The Morgan fingerprint density at radius 1 is 1.14 bits per heavy atom. The van der Waals surface area contributed by atoms with Gasteiger partial charge in [-0.05, 0) is 58.1 Å². The number of rotatable bonds is 7. The molecule has 9 heteroatoms. The molecule has 1 aromatic carbocycles. The van der Waals surface area contributed by atoms with Gasteiger partial charge in [-0.25, -0.2) is 4.98 Å². The number of likely N-dealkylation sites (tertiary alicyclic amines) is 1. The lowest BCUT2D eigenvalue weighted by Gasteiger charge is -2.23. The fourth-order valence-electron chi connectivity index (χ4n) is 3.22. The van der Waals surface area contributed by atoms with Crippen LogP contribution in [0.25, 0.3) is 10.2 Å². The molecule has 0 aliphatic carbocycles. The summed E-state index contributed by atoms with van der Waals surface area (Å²) >= 11 is 1.47. The number of carbonyl (C=O) groups excluding carboxylic acids is 3. The smallest absolute Gasteiger partial charge is 0.248 e. The first-order chi connectivity index (χ1) is 13.3. The van der Waals surface area contributed by atoms with Crippen LogP contribution in [0.15, 0.2) is 12.1 Å². The van der Waals surface area contributed by atoms with Crippen LogP contribution in [0.2, 0.25) is 0 Å². The molecule has 0 saturated carbocycles. The highest BCUT2D eigenvalue weighted by Crippen LogP contribution is 2.32. The molecule has 1 saturated heterocycles. The minimum Gasteiger partial charge on any atom is -0.309 e. The molecule has 7 nitrogen and oxygen atoms in total. The van der Waals surface area contributed by atoms with E-state index in [4.69, 9.17) is 4.98 Å². The van der Waals surface area contributed by atoms with Crippen molar-refractivity contribution in [1.29, 1.82) is 0 Å². The number of aromatic nitrogens is 1. The average Bonchev–Trinajstić information content (AvgIpc) is 3.20. The second-order valence-electron chi connectivity index (χ2n) is 7.43. The quantitative estimate of drug-likeness (QED) is 0.621. The lowest BCUT2D eigenvalue weighted by molar-refractivity contribution is -0.141. The van der Waals surface area contributed by atoms with Gasteiger partial charge in [-0.1, -0.05) is 17.4 Å². The number of benzene rings is 1. The van der Waals surface area contributed by atoms with Gasteiger partial charge in [0.1, 0.15) is 6.54 Å². The molecule has 158 valence electrons. The SMILES string of the molecule is Cc1ccc2sc(N(CCCN(C)C)C(=O)CN3C(=O)CCC3=O)nc2c1C.Cl. The lowest BCUT2D eigenvalue weighted by atomic mass is 10.1. The maximum atomic E-state index is 13.0. The average molecular weight is 439 g/mol. The van der Waals surface area contributed by atoms with E-state index in [1.165, 1.54) is 11.3 Å². The molecule has 0 bridgehead atoms. The molecule has 3 amide bonds. The van der Waals surface area contributed by atoms with Crippen molar-refractivity contribution in [2.45, 2.75) is 33.1 Å². The molecule has 0 unspecified atom stereocenters. The number of anilines is 1. The van der Waals surface area contributed by atoms with Crippen LogP contribution in [0.3, 0.4) is 0 Å². The van der Waals surface area contributed by atoms with Gasteiger partial charge in [-0.2, -0.15) is 0 Å². The summed E-state index contributed by atoms with van der Waals surface area (Å²) < 4.78 is 1.02. The number of amides is 3. The van der Waals surface area contributed by atoms with Crippen LogP contribution in [-0.2, 0) is 14.4 Å². The van der Waals surface area contributed by atoms with E-state index in [0.717, 1.165) is 39.2 Å². The first-order valence-electron chi connectivity index (χ1n) is 9.43. The number of hydrogen-bond acceptors (Lipinski definition) is 6. The number of hydrogen-bond donors (Lipinski definition) is 0. The molecular formula is C20H27ClN4O3S. The monoisotopic (exact) mass is 438 g/mol. The van der Waals surface area contributed by atoms with Crippen LogP contribution < -0.4 is 4.90 Å². The highest BCUT2D eigenvalue weighted by atomic mass is 35.5. The van der Waals surface area contributed by atoms with E-state index in [1.54, 1.807) is 4.90 Å². The fraction of sp³-hybridized carbons (Fsp3) is 0.500. The predicted octanol–water partition coefficient (Wildman–Crippen LogP) is 2.77. The topological polar surface area (TPSA) is 73.8 Å². The van der Waals surface area contributed by atoms with Gasteiger partial charge >= 0.3 is 0 Å². The van der Waals surface area contributed by atoms with E-state index in [0.29, 0.717) is 11.7 Å². The van der Waals surface area contributed by atoms with Gasteiger partial charge in [0.2, 0.25) is 17.7 Å². The summed E-state index contributed by atoms with van der Waals surface area (Å²) in [5.41, 5.74) is 3.16. The number of halogens is 1. The van der Waals surface area contributed by atoms with Crippen LogP contribution >= 0.6 is 23.7 Å². The van der Waals surface area contributed by atoms with Crippen LogP contribution in [0.5, 0.6) is 0 Å². The Balaban J connectivity index is 0.00000300. The van der Waals surface area contributed by atoms with Gasteiger partial charge in [0.15, 0.2) is 5.13 Å². The predicted molar refractivity (Wildman–Crippen MR) is 118 cm³/mol. The number of carbonyl (C=O) groups is 3. The summed E-state index contributed by atoms with van der Waals surface area (Å²) in [6, 6.07) is 4.08. The number of imide groups is 1. The van der Waals surface area contributed by atoms with E-state index >= 15 is 0 Å². The third kappa shape index (κ3) is 5.12. The van der Waals surface area contributed by atoms with E-state index in [9.17, 15) is 14.4 Å². The molecule has 0 N–H and O–H groups in total. The molecule has 29 heavy (non-hydrogen) atoms. The van der Waals surface area contributed by atoms with Crippen molar-refractivity contribution in [3.05, 3.63) is 23.3 Å². The van der Waals surface area contributed by atoms with E-state index < -0.39 is 0 Å². The normalized spacial score (nSPS) is 14.0. The zero-order chi connectivity index (χ0) is 20.4. The molecule has 1 aliphatic rings. The van der Waals surface area contributed by atoms with Crippen molar-refractivity contribution in [1.82, 2.24) is 14.8 Å². The van der Waals surface area contributed by atoms with Crippen molar-refractivity contribution in [2.24, 2.45) is 0 Å². The number of fused-ring (bicyclic) bond motifs is 1. The lowest BCUT2D eigenvalue weighted by Crippen LogP contribution is -2.43. The van der Waals surface area contributed by atoms with Crippen molar-refractivity contribution in [3.8, 4) is 0 Å². The number of thiazole rings is 1. The summed E-state index contributed by atoms with van der Waals surface area (Å²) in [6.07, 6.45) is 1.15. The minimum atomic E-state index is -0.276. The molecule has 2 heterocycles. The third-order valence-corrected chi connectivity index (χ3v) is 6.08. The highest BCUT2D eigenvalue weighted by molar-refractivity contribution is 7.22. The van der Waals surface area contributed by atoms with E-state index in [2.05, 4.69) is 11.0 Å². The fourth-order valence-corrected chi connectivity index (χ4v) is 4.29. The molecule has 0 atom stereocenters. The van der Waals surface area contributed by atoms with Crippen molar-refractivity contribution >= 4 is 56.8 Å². The Kier molecular flexibility index (Phi) is 7.73. The Bertz CT molecular complexity index is 912. The van der Waals surface area contributed by atoms with Crippen molar-refractivity contribution in [3.63, 3.8) is 0 Å². The van der Waals surface area contributed by atoms with Crippen molar-refractivity contribution in [2.75, 3.05) is 38.6 Å². The first-order valence-corrected chi connectivity index (χ1v) is 10.2. The second-order valence-corrected chi connectivity index (χ2v) is 8.44. The molecule has 0 radical (unpaired) electrons. The Hall–Kier alpha value is -2.03. The molecular weight excluding hydrogens is 412 g/mol. The highest BCUT2D eigenvalue weighted by Gasteiger charge is 2.32. The van der Waals surface area contributed by atoms with Crippen LogP contribution in [-0.4, -0.2) is 66.2 Å². The summed E-state index contributed by atoms with van der Waals surface area (Å²) in [5, 5.41) is 0.617. The molecule has 2 aromatic rings. The van der Waals surface area contributed by atoms with Crippen LogP contribution in [0.1, 0.15) is 30.4 Å². The second kappa shape index (κ2) is 9.65. The van der Waals surface area contributed by atoms with E-state index in [1.807, 2.05) is 34.0 Å². The summed E-state index contributed by atoms with van der Waals surface area (Å²) in [6.45, 7) is 5.17. The van der Waals surface area contributed by atoms with Gasteiger partial charge in [-0.15, -0.1) is 12.4 Å². The van der Waals surface area contributed by atoms with Gasteiger partial charge in [0, 0.05) is 19.4 Å². The van der Waals surface area contributed by atoms with Gasteiger partial charge in [-0.3, -0.25) is 24.2 Å². The standard InChI is InChI=1S/C20H26N4O3S.ClH/c1-13-6-7-15-19(14(13)2)21-20(28-15)23(11-5-10-22(3)4)18(27)12-24-16(25)8-9-17(24)26;/h6-7H,5,8-12H2,1-4H3;1H. The van der Waals surface area contributed by atoms with Crippen LogP contribution in [0.4, 0.5) is 5.13 Å². The Labute approximate surface area is 181 Å². The molecule has 1 aliphatic heterocycles. The van der Waals surface area contributed by atoms with Gasteiger partial charge in [0.05, 0.1) is 10.2 Å². The molecule has 1 fully saturated rings. The zero-order valence-electron chi connectivity index (χ0n) is 17.2. The molecule has 1 aromatic heterocycles. The van der Waals surface area contributed by atoms with Crippen LogP contribution in [0, 0.1) is 13.8 Å². The Morgan fingerprint density at radius 3 is 2.41 bits per heavy atom. The van der Waals surface area contributed by atoms with Crippen molar-refractivity contribution < 1.29 is 14.4 Å². The maximum absolute atomic E-state index is 13.0. The summed E-state index contributed by atoms with van der Waals surface area (Å²) in [5.74, 6) is -0.819. The first kappa shape index (κ1) is 23.3. The molecule has 3 rings (SSSR count). The maximum Gasteiger partial charge on any atom is 0.248 e. The summed E-state index contributed by atoms with van der Waals surface area (Å²) in [7, 11) is 3.97. The minimum absolute atomic E-state index is 0. The van der Waals surface area contributed by atoms with Gasteiger partial charge < -0.3 is 4.90 Å². The number of aryl methyl sites for hydroxylation is 2.